The monoisotopic (exact) mass is 772 g/mol. The fraction of sp³-hybridized carbons (Fsp3) is 0.321. The Morgan fingerprint density at radius 2 is 1.16 bits per heavy atom. The molecule has 2 heterocycles. The van der Waals surface area contributed by atoms with Gasteiger partial charge in [0.25, 0.3) is 0 Å². The van der Waals surface area contributed by atoms with Crippen LogP contribution in [-0.2, 0) is 15.6 Å². The van der Waals surface area contributed by atoms with Crippen LogP contribution in [0.4, 0.5) is 0 Å². The second kappa shape index (κ2) is 15.9. The minimum absolute atomic E-state index is 0.0377. The first-order valence-corrected chi connectivity index (χ1v) is 20.5. The molecule has 2 aromatic heterocycles. The van der Waals surface area contributed by atoms with Crippen LogP contribution in [0.1, 0.15) is 110 Å². The highest BCUT2D eigenvalue weighted by Crippen LogP contribution is 2.48. The molecule has 0 spiro atoms. The van der Waals surface area contributed by atoms with Crippen molar-refractivity contribution < 1.29 is 14.2 Å². The van der Waals surface area contributed by atoms with Crippen LogP contribution < -0.4 is 9.47 Å². The normalized spacial score (nSPS) is 15.0. The maximum absolute atomic E-state index is 5.95. The molecule has 0 aliphatic heterocycles. The average Bonchev–Trinajstić information content (AvgIpc) is 3.86. The first-order chi connectivity index (χ1) is 27.6. The predicted octanol–water partition coefficient (Wildman–Crippen LogP) is 13.6. The van der Waals surface area contributed by atoms with E-state index < -0.39 is 0 Å². The van der Waals surface area contributed by atoms with E-state index >= 15 is 0 Å². The quantitative estimate of drug-likeness (QED) is 0.146. The minimum Gasteiger partial charge on any atom is -0.497 e. The van der Waals surface area contributed by atoms with E-state index in [0.29, 0.717) is 0 Å². The van der Waals surface area contributed by atoms with Crippen molar-refractivity contribution in [3.8, 4) is 45.0 Å². The molecule has 0 amide bonds. The Bertz CT molecular complexity index is 2460. The van der Waals surface area contributed by atoms with E-state index in [9.17, 15) is 0 Å². The molecule has 0 saturated heterocycles. The van der Waals surface area contributed by atoms with E-state index in [-0.39, 0.29) is 22.7 Å². The predicted molar refractivity (Wildman–Crippen MR) is 242 cm³/mol. The summed E-state index contributed by atoms with van der Waals surface area (Å²) < 4.78 is 17.1. The van der Waals surface area contributed by atoms with Gasteiger partial charge in [-0.25, -0.2) is 0 Å². The van der Waals surface area contributed by atoms with Crippen LogP contribution in [0.3, 0.4) is 0 Å². The molecule has 1 aliphatic carbocycles. The van der Waals surface area contributed by atoms with Gasteiger partial charge in [-0.1, -0.05) is 96.1 Å². The Kier molecular flexibility index (Phi) is 11.1. The van der Waals surface area contributed by atoms with Crippen molar-refractivity contribution in [3.63, 3.8) is 0 Å². The number of H-pyrrole nitrogens is 2. The van der Waals surface area contributed by atoms with Crippen LogP contribution >= 0.6 is 0 Å². The molecular formula is C53H60N2O3. The summed E-state index contributed by atoms with van der Waals surface area (Å²) in [6, 6.07) is 33.6. The van der Waals surface area contributed by atoms with E-state index in [1.54, 1.807) is 21.3 Å². The standard InChI is InChI=1S/C53H60N2O3/c1-32-29-47(58-12)33(2)34(3)48(32)49(50-43(35-13-21-39(22-14-35)52(4,5)6)30-45(54-50)37-17-25-41(56-10)26-18-37)51-44(36-15-23-40(24-16-36)53(7,8)9)31-46(55-51)38-19-27-42(57-11)28-20-38/h13-19,21-31,38,49,54-55H,20H2,1-12H3. The molecule has 2 atom stereocenters. The SMILES string of the molecule is COC1=CCC(c2cc(-c3ccc(C(C)(C)C)cc3)c(C(c3[nH]c(-c4ccc(OC)cc4)cc3-c3ccc(C(C)(C)C)cc3)c3c(C)cc(OC)c(C)c3C)[nH]2)C=C1. The molecule has 6 aromatic rings. The third-order valence-corrected chi connectivity index (χ3v) is 12.1. The third kappa shape index (κ3) is 7.92. The lowest BCUT2D eigenvalue weighted by atomic mass is 9.80. The van der Waals surface area contributed by atoms with Crippen LogP contribution in [0.2, 0.25) is 0 Å². The van der Waals surface area contributed by atoms with Crippen LogP contribution in [-0.4, -0.2) is 31.3 Å². The van der Waals surface area contributed by atoms with E-state index in [1.807, 2.05) is 12.1 Å². The molecule has 0 radical (unpaired) electrons. The number of allylic oxidation sites excluding steroid dienone is 3. The Hall–Kier alpha value is -5.68. The summed E-state index contributed by atoms with van der Waals surface area (Å²) in [4.78, 5) is 8.17. The van der Waals surface area contributed by atoms with Crippen molar-refractivity contribution in [3.05, 3.63) is 165 Å². The molecule has 5 nitrogen and oxygen atoms in total. The molecule has 2 N–H and O–H groups in total. The van der Waals surface area contributed by atoms with Gasteiger partial charge >= 0.3 is 0 Å². The number of aryl methyl sites for hydroxylation is 1. The zero-order valence-electron chi connectivity index (χ0n) is 36.5. The van der Waals surface area contributed by atoms with Gasteiger partial charge in [0, 0.05) is 39.8 Å². The van der Waals surface area contributed by atoms with Gasteiger partial charge in [-0.15, -0.1) is 0 Å². The zero-order chi connectivity index (χ0) is 41.5. The number of aromatic nitrogens is 2. The Morgan fingerprint density at radius 3 is 1.66 bits per heavy atom. The summed E-state index contributed by atoms with van der Waals surface area (Å²) in [5.74, 6) is 2.61. The summed E-state index contributed by atoms with van der Waals surface area (Å²) in [5.41, 5.74) is 17.8. The fourth-order valence-corrected chi connectivity index (χ4v) is 8.46. The molecule has 4 aromatic carbocycles. The number of rotatable bonds is 10. The molecule has 300 valence electrons. The lowest BCUT2D eigenvalue weighted by Crippen LogP contribution is -2.13. The highest BCUT2D eigenvalue weighted by atomic mass is 16.5. The van der Waals surface area contributed by atoms with Crippen LogP contribution in [0.15, 0.2) is 115 Å². The minimum atomic E-state index is -0.197. The number of methoxy groups -OCH3 is 3. The summed E-state index contributed by atoms with van der Waals surface area (Å²) in [6.45, 7) is 20.3. The van der Waals surface area contributed by atoms with Crippen LogP contribution in [0, 0.1) is 20.8 Å². The molecule has 7 rings (SSSR count). The van der Waals surface area contributed by atoms with Gasteiger partial charge in [0.2, 0.25) is 0 Å². The van der Waals surface area contributed by atoms with E-state index in [0.717, 1.165) is 51.9 Å². The van der Waals surface area contributed by atoms with Gasteiger partial charge in [-0.05, 0) is 143 Å². The van der Waals surface area contributed by atoms with Gasteiger partial charge in [-0.2, -0.15) is 0 Å². The van der Waals surface area contributed by atoms with Gasteiger partial charge in [-0.3, -0.25) is 0 Å². The van der Waals surface area contributed by atoms with E-state index in [4.69, 9.17) is 14.2 Å². The number of ether oxygens (including phenoxy) is 3. The number of hydrogen-bond donors (Lipinski definition) is 2. The summed E-state index contributed by atoms with van der Waals surface area (Å²) in [6.07, 6.45) is 7.40. The first-order valence-electron chi connectivity index (χ1n) is 20.5. The summed E-state index contributed by atoms with van der Waals surface area (Å²) in [7, 11) is 5.21. The Balaban J connectivity index is 1.55. The molecule has 0 bridgehead atoms. The molecule has 1 aliphatic rings. The van der Waals surface area contributed by atoms with Gasteiger partial charge in [0.15, 0.2) is 0 Å². The first kappa shape index (κ1) is 40.5. The van der Waals surface area contributed by atoms with Crippen molar-refractivity contribution in [1.29, 1.82) is 0 Å². The number of nitrogens with one attached hydrogen (secondary N) is 2. The van der Waals surface area contributed by atoms with Crippen LogP contribution in [0.5, 0.6) is 11.5 Å². The van der Waals surface area contributed by atoms with Crippen molar-refractivity contribution in [2.45, 2.75) is 91.4 Å². The third-order valence-electron chi connectivity index (χ3n) is 12.1. The van der Waals surface area contributed by atoms with Crippen molar-refractivity contribution >= 4 is 0 Å². The molecule has 2 unspecified atom stereocenters. The second-order valence-electron chi connectivity index (χ2n) is 17.9. The van der Waals surface area contributed by atoms with Crippen molar-refractivity contribution in [2.24, 2.45) is 0 Å². The number of aromatic amines is 2. The smallest absolute Gasteiger partial charge is 0.122 e. The molecule has 0 fully saturated rings. The van der Waals surface area contributed by atoms with Gasteiger partial charge in [0.05, 0.1) is 27.2 Å². The van der Waals surface area contributed by atoms with Crippen molar-refractivity contribution in [1.82, 2.24) is 9.97 Å². The Morgan fingerprint density at radius 1 is 0.603 bits per heavy atom. The maximum atomic E-state index is 5.95. The van der Waals surface area contributed by atoms with Gasteiger partial charge in [0.1, 0.15) is 17.3 Å². The molecular weight excluding hydrogens is 713 g/mol. The van der Waals surface area contributed by atoms with Crippen molar-refractivity contribution in [2.75, 3.05) is 21.3 Å². The summed E-state index contributed by atoms with van der Waals surface area (Å²) in [5, 5.41) is 0. The van der Waals surface area contributed by atoms with Gasteiger partial charge < -0.3 is 24.2 Å². The fourth-order valence-electron chi connectivity index (χ4n) is 8.46. The van der Waals surface area contributed by atoms with E-state index in [2.05, 4.69) is 169 Å². The van der Waals surface area contributed by atoms with E-state index in [1.165, 1.54) is 55.8 Å². The summed E-state index contributed by atoms with van der Waals surface area (Å²) >= 11 is 0. The zero-order valence-corrected chi connectivity index (χ0v) is 36.5. The topological polar surface area (TPSA) is 59.3 Å². The van der Waals surface area contributed by atoms with Crippen LogP contribution in [0.25, 0.3) is 33.5 Å². The molecule has 0 saturated carbocycles. The Labute approximate surface area is 346 Å². The maximum Gasteiger partial charge on any atom is 0.122 e. The molecule has 5 heteroatoms. The second-order valence-corrected chi connectivity index (χ2v) is 17.9. The molecule has 58 heavy (non-hydrogen) atoms. The number of benzene rings is 4. The lowest BCUT2D eigenvalue weighted by Gasteiger charge is -2.26. The average molecular weight is 773 g/mol. The number of hydrogen-bond acceptors (Lipinski definition) is 3. The largest absolute Gasteiger partial charge is 0.497 e. The highest BCUT2D eigenvalue weighted by molar-refractivity contribution is 5.79. The lowest BCUT2D eigenvalue weighted by molar-refractivity contribution is 0.303. The highest BCUT2D eigenvalue weighted by Gasteiger charge is 2.32.